The van der Waals surface area contributed by atoms with E-state index in [9.17, 15) is 9.59 Å². The second-order valence-electron chi connectivity index (χ2n) is 5.20. The molecule has 18 heavy (non-hydrogen) atoms. The van der Waals surface area contributed by atoms with Crippen LogP contribution in [0.3, 0.4) is 0 Å². The number of nitrogens with two attached hydrogens (primary N) is 1. The second-order valence-corrected chi connectivity index (χ2v) is 6.31. The first-order chi connectivity index (χ1) is 8.04. The monoisotopic (exact) mass is 278 g/mol. The molecule has 0 saturated heterocycles. The summed E-state index contributed by atoms with van der Waals surface area (Å²) in [5, 5.41) is 11.4. The molecule has 0 rings (SSSR count). The molecule has 0 bridgehead atoms. The summed E-state index contributed by atoms with van der Waals surface area (Å²) >= 11 is 1.37. The smallest absolute Gasteiger partial charge is 0.407 e. The first-order valence-corrected chi connectivity index (χ1v) is 6.77. The third-order valence-electron chi connectivity index (χ3n) is 1.81. The van der Waals surface area contributed by atoms with Gasteiger partial charge in [0.25, 0.3) is 0 Å². The molecule has 106 valence electrons. The van der Waals surface area contributed by atoms with E-state index in [1.807, 2.05) is 0 Å². The van der Waals surface area contributed by atoms with E-state index < -0.39 is 23.2 Å². The average molecular weight is 278 g/mol. The van der Waals surface area contributed by atoms with E-state index in [-0.39, 0.29) is 0 Å². The molecule has 1 amide bonds. The molecule has 1 unspecified atom stereocenters. The summed E-state index contributed by atoms with van der Waals surface area (Å²) in [6.45, 7) is 7.23. The van der Waals surface area contributed by atoms with Crippen molar-refractivity contribution in [1.82, 2.24) is 5.32 Å². The van der Waals surface area contributed by atoms with Crippen molar-refractivity contribution >= 4 is 23.8 Å². The number of alkyl carbamates (subject to hydrolysis) is 1. The van der Waals surface area contributed by atoms with Crippen molar-refractivity contribution in [3.8, 4) is 0 Å². The van der Waals surface area contributed by atoms with Crippen molar-refractivity contribution in [2.45, 2.75) is 38.8 Å². The Balaban J connectivity index is 3.70. The number of nitrogens with one attached hydrogen (secondary N) is 1. The topological polar surface area (TPSA) is 102 Å². The van der Waals surface area contributed by atoms with Crippen LogP contribution in [0, 0.1) is 0 Å². The lowest BCUT2D eigenvalue weighted by atomic mass is 10.1. The number of aliphatic carboxylic acids is 1. The number of carboxylic acids is 1. The van der Waals surface area contributed by atoms with Crippen molar-refractivity contribution in [2.24, 2.45) is 5.73 Å². The van der Waals surface area contributed by atoms with E-state index in [4.69, 9.17) is 15.6 Å². The zero-order valence-electron chi connectivity index (χ0n) is 11.3. The number of ether oxygens (including phenoxy) is 1. The van der Waals surface area contributed by atoms with Crippen LogP contribution in [-0.4, -0.2) is 46.4 Å². The van der Waals surface area contributed by atoms with Crippen LogP contribution in [0.2, 0.25) is 0 Å². The minimum absolute atomic E-state index is 0.290. The van der Waals surface area contributed by atoms with Crippen molar-refractivity contribution < 1.29 is 19.4 Å². The Bertz CT molecular complexity index is 300. The summed E-state index contributed by atoms with van der Waals surface area (Å²) in [5.74, 6) is -0.160. The third-order valence-corrected chi connectivity index (χ3v) is 3.10. The maximum absolute atomic E-state index is 11.3. The Labute approximate surface area is 112 Å². The largest absolute Gasteiger partial charge is 0.480 e. The van der Waals surface area contributed by atoms with Crippen LogP contribution in [0.5, 0.6) is 0 Å². The first-order valence-electron chi connectivity index (χ1n) is 5.61. The molecule has 0 aromatic rings. The van der Waals surface area contributed by atoms with Crippen LogP contribution in [-0.2, 0) is 9.53 Å². The van der Waals surface area contributed by atoms with Crippen molar-refractivity contribution in [3.63, 3.8) is 0 Å². The van der Waals surface area contributed by atoms with Gasteiger partial charge in [-0.05, 0) is 27.7 Å². The predicted octanol–water partition coefficient (Wildman–Crippen LogP) is 1.05. The zero-order valence-corrected chi connectivity index (χ0v) is 12.1. The van der Waals surface area contributed by atoms with Gasteiger partial charge in [0.15, 0.2) is 0 Å². The first kappa shape index (κ1) is 17.1. The van der Waals surface area contributed by atoms with Crippen molar-refractivity contribution in [3.05, 3.63) is 0 Å². The van der Waals surface area contributed by atoms with E-state index in [0.29, 0.717) is 18.1 Å². The minimum atomic E-state index is -1.24. The van der Waals surface area contributed by atoms with E-state index >= 15 is 0 Å². The number of carbonyl (C=O) groups excluding carboxylic acids is 1. The molecule has 0 fully saturated rings. The molecule has 0 aromatic carbocycles. The Kier molecular flexibility index (Phi) is 6.48. The summed E-state index contributed by atoms with van der Waals surface area (Å²) < 4.78 is 5.05. The van der Waals surface area contributed by atoms with E-state index in [0.717, 1.165) is 0 Å². The minimum Gasteiger partial charge on any atom is -0.480 e. The molecule has 0 spiro atoms. The number of amides is 1. The van der Waals surface area contributed by atoms with Crippen LogP contribution in [0.4, 0.5) is 4.79 Å². The number of carboxylic acid groups (broad SMARTS) is 1. The van der Waals surface area contributed by atoms with Gasteiger partial charge in [-0.15, -0.1) is 0 Å². The quantitative estimate of drug-likeness (QED) is 0.628. The Morgan fingerprint density at radius 3 is 2.33 bits per heavy atom. The lowest BCUT2D eigenvalue weighted by molar-refractivity contribution is -0.141. The van der Waals surface area contributed by atoms with Gasteiger partial charge in [-0.1, -0.05) is 0 Å². The molecule has 7 heteroatoms. The SMILES string of the molecule is CC(C)(C)OC(=O)NCCSCC(C)(N)C(=O)O. The van der Waals surface area contributed by atoms with E-state index in [1.165, 1.54) is 18.7 Å². The summed E-state index contributed by atoms with van der Waals surface area (Å²) in [5.41, 5.74) is 3.80. The van der Waals surface area contributed by atoms with Crippen LogP contribution in [0.25, 0.3) is 0 Å². The summed E-state index contributed by atoms with van der Waals surface area (Å²) in [4.78, 5) is 22.0. The maximum Gasteiger partial charge on any atom is 0.407 e. The standard InChI is InChI=1S/C11H22N2O4S/c1-10(2,3)17-9(16)13-5-6-18-7-11(4,12)8(14)15/h5-7,12H2,1-4H3,(H,13,16)(H,14,15). The van der Waals surface area contributed by atoms with Crippen LogP contribution >= 0.6 is 11.8 Å². The van der Waals surface area contributed by atoms with Gasteiger partial charge in [0, 0.05) is 18.1 Å². The average Bonchev–Trinajstić information content (AvgIpc) is 2.13. The molecule has 0 aliphatic heterocycles. The summed E-state index contributed by atoms with van der Waals surface area (Å²) in [7, 11) is 0. The predicted molar refractivity (Wildman–Crippen MR) is 71.8 cm³/mol. The Morgan fingerprint density at radius 1 is 1.33 bits per heavy atom. The molecular weight excluding hydrogens is 256 g/mol. The highest BCUT2D eigenvalue weighted by atomic mass is 32.2. The second kappa shape index (κ2) is 6.84. The maximum atomic E-state index is 11.3. The lowest BCUT2D eigenvalue weighted by Crippen LogP contribution is -2.47. The zero-order chi connectivity index (χ0) is 14.4. The van der Waals surface area contributed by atoms with E-state index in [1.54, 1.807) is 20.8 Å². The molecular formula is C11H22N2O4S. The normalized spacial score (nSPS) is 14.7. The van der Waals surface area contributed by atoms with Gasteiger partial charge in [-0.2, -0.15) is 11.8 Å². The van der Waals surface area contributed by atoms with Crippen LogP contribution in [0.15, 0.2) is 0 Å². The lowest BCUT2D eigenvalue weighted by Gasteiger charge is -2.20. The van der Waals surface area contributed by atoms with Gasteiger partial charge in [0.05, 0.1) is 0 Å². The molecule has 4 N–H and O–H groups in total. The number of hydrogen-bond donors (Lipinski definition) is 3. The van der Waals surface area contributed by atoms with Gasteiger partial charge < -0.3 is 20.9 Å². The summed E-state index contributed by atoms with van der Waals surface area (Å²) in [6, 6.07) is 0. The Morgan fingerprint density at radius 2 is 1.89 bits per heavy atom. The molecule has 6 nitrogen and oxygen atoms in total. The fraction of sp³-hybridized carbons (Fsp3) is 0.818. The van der Waals surface area contributed by atoms with Gasteiger partial charge in [0.2, 0.25) is 0 Å². The van der Waals surface area contributed by atoms with Gasteiger partial charge in [0.1, 0.15) is 11.1 Å². The van der Waals surface area contributed by atoms with Gasteiger partial charge in [-0.25, -0.2) is 4.79 Å². The third kappa shape index (κ3) is 8.19. The van der Waals surface area contributed by atoms with Crippen LogP contribution in [0.1, 0.15) is 27.7 Å². The van der Waals surface area contributed by atoms with E-state index in [2.05, 4.69) is 5.32 Å². The van der Waals surface area contributed by atoms with Gasteiger partial charge >= 0.3 is 12.1 Å². The Hall–Kier alpha value is -0.950. The fourth-order valence-electron chi connectivity index (χ4n) is 0.885. The summed E-state index contributed by atoms with van der Waals surface area (Å²) in [6.07, 6.45) is -0.475. The molecule has 0 aromatic heterocycles. The van der Waals surface area contributed by atoms with Gasteiger partial charge in [-0.3, -0.25) is 4.79 Å². The molecule has 0 radical (unpaired) electrons. The highest BCUT2D eigenvalue weighted by Gasteiger charge is 2.27. The number of rotatable bonds is 6. The molecule has 0 aliphatic rings. The number of carbonyl (C=O) groups is 2. The van der Waals surface area contributed by atoms with Crippen molar-refractivity contribution in [2.75, 3.05) is 18.1 Å². The highest BCUT2D eigenvalue weighted by molar-refractivity contribution is 7.99. The van der Waals surface area contributed by atoms with Crippen LogP contribution < -0.4 is 11.1 Å². The molecule has 0 aliphatic carbocycles. The fourth-order valence-corrected chi connectivity index (χ4v) is 1.82. The highest BCUT2D eigenvalue weighted by Crippen LogP contribution is 2.10. The molecule has 0 saturated carbocycles. The number of thioether (sulfide) groups is 1. The molecule has 1 atom stereocenters. The molecule has 0 heterocycles. The number of hydrogen-bond acceptors (Lipinski definition) is 5. The van der Waals surface area contributed by atoms with Crippen molar-refractivity contribution in [1.29, 1.82) is 0 Å².